The van der Waals surface area contributed by atoms with Crippen LogP contribution in [-0.2, 0) is 16.1 Å². The van der Waals surface area contributed by atoms with Crippen molar-refractivity contribution in [2.45, 2.75) is 12.6 Å². The Labute approximate surface area is 214 Å². The lowest BCUT2D eigenvalue weighted by Crippen LogP contribution is -2.45. The monoisotopic (exact) mass is 498 g/mol. The van der Waals surface area contributed by atoms with E-state index in [0.29, 0.717) is 28.3 Å². The number of anilines is 1. The van der Waals surface area contributed by atoms with Crippen LogP contribution in [0.5, 0.6) is 5.75 Å². The average molecular weight is 499 g/mol. The molecule has 4 aromatic rings. The van der Waals surface area contributed by atoms with Gasteiger partial charge in [0.2, 0.25) is 5.91 Å². The van der Waals surface area contributed by atoms with Crippen LogP contribution in [0.2, 0.25) is 0 Å². The molecule has 0 radical (unpaired) electrons. The van der Waals surface area contributed by atoms with Crippen molar-refractivity contribution < 1.29 is 23.5 Å². The number of hydrogen-bond acceptors (Lipinski definition) is 6. The number of methoxy groups -OCH3 is 1. The van der Waals surface area contributed by atoms with Crippen LogP contribution >= 0.6 is 0 Å². The second-order valence-electron chi connectivity index (χ2n) is 8.05. The van der Waals surface area contributed by atoms with Crippen LogP contribution in [0, 0.1) is 0 Å². The molecule has 0 spiro atoms. The number of ether oxygens (including phenoxy) is 1. The minimum Gasteiger partial charge on any atom is -0.497 e. The zero-order valence-corrected chi connectivity index (χ0v) is 20.2. The molecule has 4 rings (SSSR count). The van der Waals surface area contributed by atoms with Crippen molar-refractivity contribution in [1.29, 1.82) is 0 Å². The van der Waals surface area contributed by atoms with Crippen molar-refractivity contribution >= 4 is 23.4 Å². The van der Waals surface area contributed by atoms with Crippen molar-refractivity contribution in [3.05, 3.63) is 114 Å². The third kappa shape index (κ3) is 6.61. The molecule has 9 nitrogen and oxygen atoms in total. The van der Waals surface area contributed by atoms with Crippen molar-refractivity contribution in [3.8, 4) is 5.75 Å². The highest BCUT2D eigenvalue weighted by Gasteiger charge is 2.32. The molecular formula is C28H26N4O5. The van der Waals surface area contributed by atoms with Gasteiger partial charge in [0.05, 0.1) is 26.5 Å². The fraction of sp³-hybridized carbons (Fsp3) is 0.143. The number of aromatic nitrogens is 1. The van der Waals surface area contributed by atoms with Gasteiger partial charge in [-0.2, -0.15) is 0 Å². The number of rotatable bonds is 10. The first-order valence-corrected chi connectivity index (χ1v) is 11.5. The van der Waals surface area contributed by atoms with E-state index in [-0.39, 0.29) is 13.1 Å². The molecule has 0 saturated carbocycles. The van der Waals surface area contributed by atoms with Crippen LogP contribution in [0.3, 0.4) is 0 Å². The number of hydrogen-bond donors (Lipinski definition) is 2. The van der Waals surface area contributed by atoms with E-state index in [1.807, 2.05) is 0 Å². The molecule has 2 heterocycles. The molecule has 1 atom stereocenters. The number of benzene rings is 2. The van der Waals surface area contributed by atoms with Crippen LogP contribution in [-0.4, -0.2) is 41.3 Å². The van der Waals surface area contributed by atoms with Crippen LogP contribution in [0.15, 0.2) is 102 Å². The lowest BCUT2D eigenvalue weighted by molar-refractivity contribution is -0.139. The normalized spacial score (nSPS) is 11.3. The Morgan fingerprint density at radius 1 is 0.946 bits per heavy atom. The predicted molar refractivity (Wildman–Crippen MR) is 137 cm³/mol. The quantitative estimate of drug-likeness (QED) is 0.344. The summed E-state index contributed by atoms with van der Waals surface area (Å²) < 4.78 is 10.7. The van der Waals surface area contributed by atoms with Gasteiger partial charge >= 0.3 is 0 Å². The Bertz CT molecular complexity index is 1310. The van der Waals surface area contributed by atoms with Crippen molar-refractivity contribution in [1.82, 2.24) is 15.2 Å². The Hall–Kier alpha value is -4.92. The van der Waals surface area contributed by atoms with Crippen molar-refractivity contribution in [2.24, 2.45) is 0 Å². The van der Waals surface area contributed by atoms with Crippen LogP contribution < -0.4 is 15.4 Å². The summed E-state index contributed by atoms with van der Waals surface area (Å²) in [5, 5.41) is 5.52. The molecule has 0 aliphatic rings. The predicted octanol–water partition coefficient (Wildman–Crippen LogP) is 3.82. The fourth-order valence-electron chi connectivity index (χ4n) is 3.75. The zero-order chi connectivity index (χ0) is 26.0. The van der Waals surface area contributed by atoms with Gasteiger partial charge in [-0.25, -0.2) is 0 Å². The summed E-state index contributed by atoms with van der Waals surface area (Å²) in [6, 6.07) is 21.2. The molecule has 0 saturated heterocycles. The Kier molecular flexibility index (Phi) is 8.28. The molecule has 0 aliphatic carbocycles. The van der Waals surface area contributed by atoms with E-state index < -0.39 is 23.8 Å². The van der Waals surface area contributed by atoms with Crippen molar-refractivity contribution in [3.63, 3.8) is 0 Å². The lowest BCUT2D eigenvalue weighted by Gasteiger charge is -2.31. The summed E-state index contributed by atoms with van der Waals surface area (Å²) >= 11 is 0. The van der Waals surface area contributed by atoms with E-state index in [1.54, 1.807) is 98.4 Å². The summed E-state index contributed by atoms with van der Waals surface area (Å²) in [6.45, 7) is -0.304. The number of carbonyl (C=O) groups is 3. The van der Waals surface area contributed by atoms with Gasteiger partial charge in [0.25, 0.3) is 11.8 Å². The summed E-state index contributed by atoms with van der Waals surface area (Å²) in [4.78, 5) is 45.1. The molecule has 3 amide bonds. The molecule has 188 valence electrons. The number of amides is 3. The van der Waals surface area contributed by atoms with Gasteiger partial charge in [-0.3, -0.25) is 19.4 Å². The van der Waals surface area contributed by atoms with Gasteiger partial charge in [-0.1, -0.05) is 18.2 Å². The molecular weight excluding hydrogens is 472 g/mol. The van der Waals surface area contributed by atoms with Gasteiger partial charge in [0.1, 0.15) is 17.6 Å². The SMILES string of the molecule is COc1ccc(NC(=O)[C@@H](c2ccncc2)N(Cc2ccco2)C(=O)CNC(=O)c2ccccc2)cc1. The highest BCUT2D eigenvalue weighted by Crippen LogP contribution is 2.26. The summed E-state index contributed by atoms with van der Waals surface area (Å²) in [5.74, 6) is -0.167. The molecule has 9 heteroatoms. The summed E-state index contributed by atoms with van der Waals surface area (Å²) in [5.41, 5.74) is 1.51. The average Bonchev–Trinajstić information content (AvgIpc) is 3.46. The summed E-state index contributed by atoms with van der Waals surface area (Å²) in [7, 11) is 1.56. The highest BCUT2D eigenvalue weighted by atomic mass is 16.5. The first kappa shape index (κ1) is 25.2. The number of furan rings is 1. The van der Waals surface area contributed by atoms with E-state index in [9.17, 15) is 14.4 Å². The lowest BCUT2D eigenvalue weighted by atomic mass is 10.0. The second-order valence-corrected chi connectivity index (χ2v) is 8.05. The standard InChI is InChI=1S/C28H26N4O5/c1-36-23-11-9-22(10-12-23)31-28(35)26(20-13-15-29-16-14-20)32(19-24-8-5-17-37-24)25(33)18-30-27(34)21-6-3-2-4-7-21/h2-17,26H,18-19H2,1H3,(H,30,34)(H,31,35)/t26-/m1/s1. The van der Waals surface area contributed by atoms with Gasteiger partial charge in [0.15, 0.2) is 0 Å². The second kappa shape index (κ2) is 12.2. The fourth-order valence-corrected chi connectivity index (χ4v) is 3.75. The Morgan fingerprint density at radius 3 is 2.32 bits per heavy atom. The van der Waals surface area contributed by atoms with Gasteiger partial charge < -0.3 is 24.7 Å². The highest BCUT2D eigenvalue weighted by molar-refractivity contribution is 5.99. The molecule has 2 aromatic carbocycles. The first-order valence-electron chi connectivity index (χ1n) is 11.5. The third-order valence-electron chi connectivity index (χ3n) is 5.60. The van der Waals surface area contributed by atoms with E-state index in [1.165, 1.54) is 11.2 Å². The first-order chi connectivity index (χ1) is 18.0. The minimum absolute atomic E-state index is 0.00998. The van der Waals surface area contributed by atoms with Gasteiger partial charge in [-0.15, -0.1) is 0 Å². The Morgan fingerprint density at radius 2 is 1.68 bits per heavy atom. The molecule has 0 fully saturated rings. The topological polar surface area (TPSA) is 114 Å². The number of carbonyl (C=O) groups excluding carboxylic acids is 3. The van der Waals surface area contributed by atoms with Gasteiger partial charge in [0, 0.05) is 23.6 Å². The molecule has 2 N–H and O–H groups in total. The van der Waals surface area contributed by atoms with Gasteiger partial charge in [-0.05, 0) is 66.2 Å². The maximum absolute atomic E-state index is 13.6. The minimum atomic E-state index is -1.03. The van der Waals surface area contributed by atoms with E-state index >= 15 is 0 Å². The Balaban J connectivity index is 1.61. The number of nitrogens with zero attached hydrogens (tertiary/aromatic N) is 2. The van der Waals surface area contributed by atoms with Crippen LogP contribution in [0.25, 0.3) is 0 Å². The zero-order valence-electron chi connectivity index (χ0n) is 20.2. The largest absolute Gasteiger partial charge is 0.497 e. The summed E-state index contributed by atoms with van der Waals surface area (Å²) in [6.07, 6.45) is 4.60. The third-order valence-corrected chi connectivity index (χ3v) is 5.60. The van der Waals surface area contributed by atoms with Crippen molar-refractivity contribution in [2.75, 3.05) is 19.0 Å². The molecule has 0 aliphatic heterocycles. The molecule has 2 aromatic heterocycles. The van der Waals surface area contributed by atoms with E-state index in [4.69, 9.17) is 9.15 Å². The molecule has 0 unspecified atom stereocenters. The maximum atomic E-state index is 13.6. The molecule has 0 bridgehead atoms. The van der Waals surface area contributed by atoms with Crippen LogP contribution in [0.4, 0.5) is 5.69 Å². The maximum Gasteiger partial charge on any atom is 0.251 e. The van der Waals surface area contributed by atoms with E-state index in [2.05, 4.69) is 15.6 Å². The van der Waals surface area contributed by atoms with Crippen LogP contribution in [0.1, 0.15) is 27.7 Å². The number of pyridine rings is 1. The molecule has 37 heavy (non-hydrogen) atoms. The number of nitrogens with one attached hydrogen (secondary N) is 2. The smallest absolute Gasteiger partial charge is 0.251 e. The van der Waals surface area contributed by atoms with E-state index in [0.717, 1.165) is 0 Å².